The Morgan fingerprint density at radius 1 is 1.70 bits per heavy atom. The number of carbonyl (C=O) groups excluding carboxylic acids is 1. The highest BCUT2D eigenvalue weighted by molar-refractivity contribution is 5.40. The van der Waals surface area contributed by atoms with Crippen LogP contribution in [-0.2, 0) is 4.79 Å². The summed E-state index contributed by atoms with van der Waals surface area (Å²) in [7, 11) is 0. The van der Waals surface area contributed by atoms with Crippen molar-refractivity contribution in [2.24, 2.45) is 4.99 Å². The maximum atomic E-state index is 9.69. The normalized spacial score (nSPS) is 8.50. The van der Waals surface area contributed by atoms with E-state index >= 15 is 0 Å². The Bertz CT molecular complexity index is 279. The lowest BCUT2D eigenvalue weighted by molar-refractivity contribution is 0.565. The molecule has 0 aliphatic carbocycles. The minimum absolute atomic E-state index is 0.0509. The minimum Gasteiger partial charge on any atom is -0.213 e. The molecule has 0 radical (unpaired) electrons. The van der Waals surface area contributed by atoms with Crippen LogP contribution in [0.15, 0.2) is 11.2 Å². The Balaban J connectivity index is 3.06. The van der Waals surface area contributed by atoms with E-state index in [4.69, 9.17) is 0 Å². The molecule has 0 saturated carbocycles. The van der Waals surface area contributed by atoms with Gasteiger partial charge in [0.25, 0.3) is 5.95 Å². The molecule has 5 heteroatoms. The Kier molecular flexibility index (Phi) is 1.82. The van der Waals surface area contributed by atoms with Crippen LogP contribution >= 0.6 is 0 Å². The molecule has 0 atom stereocenters. The van der Waals surface area contributed by atoms with Crippen LogP contribution in [0.4, 0.5) is 5.95 Å². The van der Waals surface area contributed by atoms with Gasteiger partial charge in [-0.25, -0.2) is 9.78 Å². The molecular formula is C5H4N4O. The predicted molar refractivity (Wildman–Crippen MR) is 32.3 cm³/mol. The highest BCUT2D eigenvalue weighted by Crippen LogP contribution is 1.97. The molecule has 1 rings (SSSR count). The molecule has 5 nitrogen and oxygen atoms in total. The van der Waals surface area contributed by atoms with Crippen molar-refractivity contribution >= 4 is 12.0 Å². The van der Waals surface area contributed by atoms with Crippen LogP contribution in [0, 0.1) is 6.92 Å². The second-order valence-corrected chi connectivity index (χ2v) is 1.60. The first-order valence-corrected chi connectivity index (χ1v) is 2.57. The zero-order chi connectivity index (χ0) is 7.40. The van der Waals surface area contributed by atoms with Crippen LogP contribution in [0.3, 0.4) is 0 Å². The lowest BCUT2D eigenvalue weighted by atomic mass is 10.5. The number of hydrogen-bond donors (Lipinski definition) is 0. The van der Waals surface area contributed by atoms with Crippen molar-refractivity contribution in [3.63, 3.8) is 0 Å². The Morgan fingerprint density at radius 2 is 2.50 bits per heavy atom. The summed E-state index contributed by atoms with van der Waals surface area (Å²) in [6, 6.07) is 0. The third-order valence-corrected chi connectivity index (χ3v) is 0.814. The molecule has 50 valence electrons. The predicted octanol–water partition coefficient (Wildman–Crippen LogP) is 0.147. The van der Waals surface area contributed by atoms with E-state index in [1.54, 1.807) is 6.92 Å². The van der Waals surface area contributed by atoms with Gasteiger partial charge in [0, 0.05) is 0 Å². The third-order valence-electron chi connectivity index (χ3n) is 0.814. The summed E-state index contributed by atoms with van der Waals surface area (Å²) < 4.78 is 0. The molecule has 0 fully saturated rings. The van der Waals surface area contributed by atoms with Gasteiger partial charge in [0.1, 0.15) is 0 Å². The van der Waals surface area contributed by atoms with Gasteiger partial charge in [0.2, 0.25) is 6.08 Å². The molecule has 0 amide bonds. The lowest BCUT2D eigenvalue weighted by Crippen LogP contribution is -1.87. The van der Waals surface area contributed by atoms with E-state index < -0.39 is 0 Å². The van der Waals surface area contributed by atoms with E-state index in [0.717, 1.165) is 0 Å². The molecule has 0 saturated heterocycles. The topological polar surface area (TPSA) is 68.1 Å². The van der Waals surface area contributed by atoms with Crippen LogP contribution in [0.1, 0.15) is 5.69 Å². The Morgan fingerprint density at radius 3 is 3.10 bits per heavy atom. The van der Waals surface area contributed by atoms with Crippen LogP contribution in [0.2, 0.25) is 0 Å². The van der Waals surface area contributed by atoms with Crippen LogP contribution in [0.25, 0.3) is 0 Å². The molecule has 0 unspecified atom stereocenters. The first-order valence-electron chi connectivity index (χ1n) is 2.57. The average molecular weight is 136 g/mol. The van der Waals surface area contributed by atoms with Crippen LogP contribution in [-0.4, -0.2) is 21.3 Å². The molecule has 0 aliphatic heterocycles. The van der Waals surface area contributed by atoms with Crippen molar-refractivity contribution in [1.29, 1.82) is 0 Å². The molecule has 0 spiro atoms. The first-order chi connectivity index (χ1) is 4.83. The quantitative estimate of drug-likeness (QED) is 0.407. The highest BCUT2D eigenvalue weighted by Gasteiger charge is 1.91. The fourth-order valence-corrected chi connectivity index (χ4v) is 0.461. The number of hydrogen-bond acceptors (Lipinski definition) is 5. The van der Waals surface area contributed by atoms with E-state index in [1.165, 1.54) is 12.3 Å². The first kappa shape index (κ1) is 6.51. The Labute approximate surface area is 56.8 Å². The fraction of sp³-hybridized carbons (Fsp3) is 0.200. The van der Waals surface area contributed by atoms with E-state index in [-0.39, 0.29) is 5.95 Å². The second kappa shape index (κ2) is 2.80. The van der Waals surface area contributed by atoms with Gasteiger partial charge in [-0.1, -0.05) is 0 Å². The van der Waals surface area contributed by atoms with E-state index in [1.807, 2.05) is 0 Å². The van der Waals surface area contributed by atoms with Gasteiger partial charge in [0.05, 0.1) is 11.9 Å². The monoisotopic (exact) mass is 136 g/mol. The van der Waals surface area contributed by atoms with Crippen molar-refractivity contribution in [3.05, 3.63) is 11.9 Å². The van der Waals surface area contributed by atoms with Crippen LogP contribution < -0.4 is 0 Å². The van der Waals surface area contributed by atoms with Crippen molar-refractivity contribution in [2.75, 3.05) is 0 Å². The number of aromatic nitrogens is 3. The number of isocyanates is 1. The molecule has 1 aromatic rings. The molecule has 0 N–H and O–H groups in total. The summed E-state index contributed by atoms with van der Waals surface area (Å²) in [4.78, 5) is 16.6. The van der Waals surface area contributed by atoms with Gasteiger partial charge in [-0.3, -0.25) is 0 Å². The van der Waals surface area contributed by atoms with E-state index in [9.17, 15) is 4.79 Å². The highest BCUT2D eigenvalue weighted by atomic mass is 16.1. The molecular weight excluding hydrogens is 132 g/mol. The molecule has 0 bridgehead atoms. The van der Waals surface area contributed by atoms with E-state index in [2.05, 4.69) is 20.2 Å². The molecule has 0 aliphatic rings. The second-order valence-electron chi connectivity index (χ2n) is 1.60. The van der Waals surface area contributed by atoms with Crippen molar-refractivity contribution in [1.82, 2.24) is 15.2 Å². The molecule has 0 aromatic carbocycles. The average Bonchev–Trinajstić information content (AvgIpc) is 1.88. The SMILES string of the molecule is Cc1cnnc(N=C=O)n1. The van der Waals surface area contributed by atoms with Gasteiger partial charge in [-0.15, -0.1) is 10.1 Å². The van der Waals surface area contributed by atoms with Crippen molar-refractivity contribution < 1.29 is 4.79 Å². The van der Waals surface area contributed by atoms with Gasteiger partial charge < -0.3 is 0 Å². The smallest absolute Gasteiger partial charge is 0.213 e. The van der Waals surface area contributed by atoms with Gasteiger partial charge >= 0.3 is 0 Å². The maximum Gasteiger partial charge on any atom is 0.280 e. The van der Waals surface area contributed by atoms with Gasteiger partial charge in [0.15, 0.2) is 0 Å². The summed E-state index contributed by atoms with van der Waals surface area (Å²) in [5.74, 6) is 0.0509. The molecule has 1 heterocycles. The van der Waals surface area contributed by atoms with Crippen LogP contribution in [0.5, 0.6) is 0 Å². The lowest BCUT2D eigenvalue weighted by Gasteiger charge is -1.87. The standard InChI is InChI=1S/C5H4N4O/c1-4-2-7-9-5(8-4)6-3-10/h2H,1H3. The minimum atomic E-state index is 0.0509. The summed E-state index contributed by atoms with van der Waals surface area (Å²) in [5.41, 5.74) is 0.670. The van der Waals surface area contributed by atoms with E-state index in [0.29, 0.717) is 5.69 Å². The molecule has 1 aromatic heterocycles. The van der Waals surface area contributed by atoms with Crippen molar-refractivity contribution in [2.45, 2.75) is 6.92 Å². The third kappa shape index (κ3) is 1.43. The summed E-state index contributed by atoms with van der Waals surface area (Å²) in [6.45, 7) is 1.73. The maximum absolute atomic E-state index is 9.69. The summed E-state index contributed by atoms with van der Waals surface area (Å²) >= 11 is 0. The number of aryl methyl sites for hydroxylation is 1. The van der Waals surface area contributed by atoms with Crippen molar-refractivity contribution in [3.8, 4) is 0 Å². The fourth-order valence-electron chi connectivity index (χ4n) is 0.461. The summed E-state index contributed by atoms with van der Waals surface area (Å²) in [6.07, 6.45) is 2.80. The van der Waals surface area contributed by atoms with Gasteiger partial charge in [-0.2, -0.15) is 5.10 Å². The number of nitrogens with zero attached hydrogens (tertiary/aromatic N) is 4. The molecule has 10 heavy (non-hydrogen) atoms. The number of aliphatic imine (C=N–C) groups is 1. The Hall–Kier alpha value is -1.61. The zero-order valence-electron chi connectivity index (χ0n) is 5.27. The largest absolute Gasteiger partial charge is 0.280 e. The summed E-state index contributed by atoms with van der Waals surface area (Å²) in [5, 5.41) is 6.96. The number of rotatable bonds is 1. The van der Waals surface area contributed by atoms with Gasteiger partial charge in [-0.05, 0) is 6.92 Å². The zero-order valence-corrected chi connectivity index (χ0v) is 5.27.